The van der Waals surface area contributed by atoms with Gasteiger partial charge in [-0.3, -0.25) is 4.79 Å². The molecule has 166 valence electrons. The summed E-state index contributed by atoms with van der Waals surface area (Å²) in [5, 5.41) is 4.71. The summed E-state index contributed by atoms with van der Waals surface area (Å²) in [6, 6.07) is 16.2. The van der Waals surface area contributed by atoms with E-state index in [9.17, 15) is 4.79 Å². The lowest BCUT2D eigenvalue weighted by atomic mass is 10.0. The van der Waals surface area contributed by atoms with Crippen LogP contribution in [0.25, 0.3) is 5.69 Å². The molecule has 3 heterocycles. The van der Waals surface area contributed by atoms with E-state index < -0.39 is 0 Å². The average Bonchev–Trinajstić information content (AvgIpc) is 3.32. The molecule has 1 fully saturated rings. The van der Waals surface area contributed by atoms with Crippen LogP contribution in [-0.2, 0) is 11.2 Å². The van der Waals surface area contributed by atoms with E-state index in [4.69, 9.17) is 14.6 Å². The van der Waals surface area contributed by atoms with E-state index in [1.165, 1.54) is 0 Å². The van der Waals surface area contributed by atoms with Crippen LogP contribution in [-0.4, -0.2) is 40.3 Å². The van der Waals surface area contributed by atoms with Gasteiger partial charge in [0.25, 0.3) is 0 Å². The molecule has 32 heavy (non-hydrogen) atoms. The van der Waals surface area contributed by atoms with E-state index in [2.05, 4.69) is 12.1 Å². The van der Waals surface area contributed by atoms with Gasteiger partial charge in [-0.15, -0.1) is 0 Å². The molecular weight excluding hydrogens is 402 g/mol. The highest BCUT2D eigenvalue weighted by Gasteiger charge is 2.31. The quantitative estimate of drug-likeness (QED) is 0.608. The van der Waals surface area contributed by atoms with Gasteiger partial charge in [0.1, 0.15) is 0 Å². The number of aryl methyl sites for hydroxylation is 1. The van der Waals surface area contributed by atoms with Crippen molar-refractivity contribution in [1.29, 1.82) is 0 Å². The first-order valence-electron chi connectivity index (χ1n) is 11.4. The number of benzene rings is 2. The average molecular weight is 432 g/mol. The zero-order chi connectivity index (χ0) is 22.1. The predicted molar refractivity (Wildman–Crippen MR) is 122 cm³/mol. The SMILES string of the molecule is Cc1nn(-c2ccccc2)c(C)c1CC(=O)N1CCC[C@@H]1c1ccc2c(c1)OCCCO2. The lowest BCUT2D eigenvalue weighted by Crippen LogP contribution is -2.32. The van der Waals surface area contributed by atoms with Gasteiger partial charge in [-0.05, 0) is 56.5 Å². The van der Waals surface area contributed by atoms with Crippen molar-refractivity contribution < 1.29 is 14.3 Å². The molecule has 1 atom stereocenters. The standard InChI is InChI=1S/C26H29N3O3/c1-18-22(19(2)29(27-18)21-8-4-3-5-9-21)17-26(30)28-13-6-10-23(28)20-11-12-24-25(16-20)32-15-7-14-31-24/h3-5,8-9,11-12,16,23H,6-7,10,13-15,17H2,1-2H3/t23-/m1/s1. The maximum atomic E-state index is 13.4. The Labute approximate surface area is 188 Å². The van der Waals surface area contributed by atoms with Gasteiger partial charge in [0.15, 0.2) is 11.5 Å². The highest BCUT2D eigenvalue weighted by atomic mass is 16.5. The number of rotatable bonds is 4. The van der Waals surface area contributed by atoms with Crippen LogP contribution in [0, 0.1) is 13.8 Å². The Morgan fingerprint density at radius 2 is 1.81 bits per heavy atom. The Hall–Kier alpha value is -3.28. The van der Waals surface area contributed by atoms with Crippen LogP contribution in [0.5, 0.6) is 11.5 Å². The van der Waals surface area contributed by atoms with Gasteiger partial charge in [-0.25, -0.2) is 4.68 Å². The van der Waals surface area contributed by atoms with Gasteiger partial charge in [0, 0.05) is 24.2 Å². The Bertz CT molecular complexity index is 1120. The van der Waals surface area contributed by atoms with E-state index in [1.807, 2.05) is 59.8 Å². The Kier molecular flexibility index (Phi) is 5.60. The summed E-state index contributed by atoms with van der Waals surface area (Å²) in [7, 11) is 0. The Morgan fingerprint density at radius 1 is 1.03 bits per heavy atom. The second-order valence-corrected chi connectivity index (χ2v) is 8.58. The number of hydrogen-bond acceptors (Lipinski definition) is 4. The van der Waals surface area contributed by atoms with Crippen molar-refractivity contribution in [2.75, 3.05) is 19.8 Å². The third-order valence-electron chi connectivity index (χ3n) is 6.50. The fraction of sp³-hybridized carbons (Fsp3) is 0.385. The van der Waals surface area contributed by atoms with E-state index in [0.717, 1.165) is 65.5 Å². The smallest absolute Gasteiger partial charge is 0.227 e. The van der Waals surface area contributed by atoms with Gasteiger partial charge in [-0.2, -0.15) is 5.10 Å². The van der Waals surface area contributed by atoms with Gasteiger partial charge in [0.2, 0.25) is 5.91 Å². The summed E-state index contributed by atoms with van der Waals surface area (Å²) in [5.41, 5.74) is 5.08. The lowest BCUT2D eigenvalue weighted by molar-refractivity contribution is -0.131. The lowest BCUT2D eigenvalue weighted by Gasteiger charge is -2.26. The van der Waals surface area contributed by atoms with Crippen LogP contribution in [0.3, 0.4) is 0 Å². The number of para-hydroxylation sites is 1. The molecule has 1 saturated heterocycles. The van der Waals surface area contributed by atoms with Crippen molar-refractivity contribution in [3.63, 3.8) is 0 Å². The molecule has 0 unspecified atom stereocenters. The van der Waals surface area contributed by atoms with Crippen molar-refractivity contribution in [3.05, 3.63) is 71.0 Å². The van der Waals surface area contributed by atoms with Gasteiger partial charge in [-0.1, -0.05) is 24.3 Å². The predicted octanol–water partition coefficient (Wildman–Crippen LogP) is 4.56. The molecule has 3 aromatic rings. The summed E-state index contributed by atoms with van der Waals surface area (Å²) in [5.74, 6) is 1.73. The minimum absolute atomic E-state index is 0.0735. The molecule has 0 spiro atoms. The number of ether oxygens (including phenoxy) is 2. The zero-order valence-corrected chi connectivity index (χ0v) is 18.7. The number of nitrogens with zero attached hydrogens (tertiary/aromatic N) is 3. The second-order valence-electron chi connectivity index (χ2n) is 8.58. The zero-order valence-electron chi connectivity index (χ0n) is 18.7. The highest BCUT2D eigenvalue weighted by Crippen LogP contribution is 2.38. The van der Waals surface area contributed by atoms with Gasteiger partial charge in [0.05, 0.1) is 37.1 Å². The van der Waals surface area contributed by atoms with Crippen LogP contribution in [0.2, 0.25) is 0 Å². The Morgan fingerprint density at radius 3 is 2.62 bits per heavy atom. The normalized spacial score (nSPS) is 17.9. The largest absolute Gasteiger partial charge is 0.490 e. The van der Waals surface area contributed by atoms with E-state index in [1.54, 1.807) is 0 Å². The second kappa shape index (κ2) is 8.69. The number of hydrogen-bond donors (Lipinski definition) is 0. The fourth-order valence-corrected chi connectivity index (χ4v) is 4.80. The number of carbonyl (C=O) groups is 1. The number of carbonyl (C=O) groups excluding carboxylic acids is 1. The minimum Gasteiger partial charge on any atom is -0.490 e. The molecule has 2 aromatic carbocycles. The van der Waals surface area contributed by atoms with Crippen LogP contribution in [0.15, 0.2) is 48.5 Å². The molecule has 6 nitrogen and oxygen atoms in total. The van der Waals surface area contributed by atoms with E-state index in [-0.39, 0.29) is 11.9 Å². The molecule has 6 heteroatoms. The number of amides is 1. The number of fused-ring (bicyclic) bond motifs is 1. The molecule has 0 aliphatic carbocycles. The van der Waals surface area contributed by atoms with E-state index >= 15 is 0 Å². The molecule has 2 aliphatic rings. The first-order chi connectivity index (χ1) is 15.6. The molecule has 2 aliphatic heterocycles. The fourth-order valence-electron chi connectivity index (χ4n) is 4.80. The topological polar surface area (TPSA) is 56.6 Å². The summed E-state index contributed by atoms with van der Waals surface area (Å²) < 4.78 is 13.6. The molecule has 0 N–H and O–H groups in total. The summed E-state index contributed by atoms with van der Waals surface area (Å²) in [6.07, 6.45) is 3.22. The van der Waals surface area contributed by atoms with E-state index in [0.29, 0.717) is 19.6 Å². The maximum absolute atomic E-state index is 13.4. The molecule has 0 bridgehead atoms. The van der Waals surface area contributed by atoms with Crippen molar-refractivity contribution in [1.82, 2.24) is 14.7 Å². The molecule has 0 saturated carbocycles. The van der Waals surface area contributed by atoms with Crippen LogP contribution < -0.4 is 9.47 Å². The number of likely N-dealkylation sites (tertiary alicyclic amines) is 1. The van der Waals surface area contributed by atoms with Gasteiger partial charge >= 0.3 is 0 Å². The molecule has 5 rings (SSSR count). The summed E-state index contributed by atoms with van der Waals surface area (Å²) in [6.45, 7) is 6.15. The molecule has 0 radical (unpaired) electrons. The van der Waals surface area contributed by atoms with Crippen molar-refractivity contribution in [2.45, 2.75) is 45.6 Å². The summed E-state index contributed by atoms with van der Waals surface area (Å²) in [4.78, 5) is 15.5. The van der Waals surface area contributed by atoms with Crippen molar-refractivity contribution >= 4 is 5.91 Å². The van der Waals surface area contributed by atoms with Crippen molar-refractivity contribution in [2.24, 2.45) is 0 Å². The maximum Gasteiger partial charge on any atom is 0.227 e. The van der Waals surface area contributed by atoms with Crippen molar-refractivity contribution in [3.8, 4) is 17.2 Å². The van der Waals surface area contributed by atoms with Crippen LogP contribution >= 0.6 is 0 Å². The van der Waals surface area contributed by atoms with Crippen LogP contribution in [0.1, 0.15) is 47.8 Å². The molecule has 1 amide bonds. The van der Waals surface area contributed by atoms with Gasteiger partial charge < -0.3 is 14.4 Å². The minimum atomic E-state index is 0.0735. The van der Waals surface area contributed by atoms with Crippen LogP contribution in [0.4, 0.5) is 0 Å². The first kappa shape index (κ1) is 20.6. The Balaban J connectivity index is 1.37. The third-order valence-corrected chi connectivity index (χ3v) is 6.50. The monoisotopic (exact) mass is 431 g/mol. The summed E-state index contributed by atoms with van der Waals surface area (Å²) >= 11 is 0. The first-order valence-corrected chi connectivity index (χ1v) is 11.4. The number of aromatic nitrogens is 2. The highest BCUT2D eigenvalue weighted by molar-refractivity contribution is 5.80. The molecular formula is C26H29N3O3. The molecule has 1 aromatic heterocycles. The third kappa shape index (κ3) is 3.85.